The zero-order chi connectivity index (χ0) is 24.0. The van der Waals surface area contributed by atoms with E-state index in [1.807, 2.05) is 24.3 Å². The summed E-state index contributed by atoms with van der Waals surface area (Å²) in [6, 6.07) is 14.6. The third-order valence-electron chi connectivity index (χ3n) is 6.24. The number of hydrogen-bond acceptors (Lipinski definition) is 7. The Morgan fingerprint density at radius 2 is 1.59 bits per heavy atom. The summed E-state index contributed by atoms with van der Waals surface area (Å²) in [5.74, 6) is 2.27. The third-order valence-corrected chi connectivity index (χ3v) is 8.21. The van der Waals surface area contributed by atoms with E-state index in [2.05, 4.69) is 41.3 Å². The minimum Gasteiger partial charge on any atom is -0.368 e. The molecule has 1 aromatic heterocycles. The van der Waals surface area contributed by atoms with E-state index in [4.69, 9.17) is 5.73 Å². The molecule has 4 rings (SSSR count). The Balaban J connectivity index is 1.27. The molecule has 8 nitrogen and oxygen atoms in total. The van der Waals surface area contributed by atoms with Crippen molar-refractivity contribution >= 4 is 48.6 Å². The summed E-state index contributed by atoms with van der Waals surface area (Å²) in [5.41, 5.74) is 6.54. The fraction of sp³-hybridized carbons (Fsp3) is 0.417. The van der Waals surface area contributed by atoms with Gasteiger partial charge in [0.25, 0.3) is 0 Å². The highest BCUT2D eigenvalue weighted by molar-refractivity contribution is 9.10. The standard InChI is InChI=1S/C24H31BrN6O2S/c25-19-9-11-20(12-10-19)34(32,33)29-16-18-7-5-17(6-8-18)15-28-24-30-22-4-2-1-3-21(22)23(31-24)27-14-13-26/h1-4,9-12,17-18,29H,5-8,13-16,26H2,(H2,27,28,30,31). The van der Waals surface area contributed by atoms with Crippen LogP contribution in [0, 0.1) is 11.8 Å². The Kier molecular flexibility index (Phi) is 8.36. The van der Waals surface area contributed by atoms with Gasteiger partial charge in [-0.1, -0.05) is 28.1 Å². The molecule has 0 amide bonds. The molecule has 182 valence electrons. The maximum atomic E-state index is 12.5. The van der Waals surface area contributed by atoms with Crippen LogP contribution in [0.5, 0.6) is 0 Å². The van der Waals surface area contributed by atoms with E-state index >= 15 is 0 Å². The Bertz CT molecular complexity index is 1200. The SMILES string of the molecule is NCCNc1nc(NCC2CCC(CNS(=O)(=O)c3ccc(Br)cc3)CC2)nc2ccccc12. The number of halogens is 1. The average Bonchev–Trinajstić information content (AvgIpc) is 2.85. The number of nitrogens with two attached hydrogens (primary N) is 1. The van der Waals surface area contributed by atoms with Crippen LogP contribution in [-0.4, -0.2) is 44.6 Å². The van der Waals surface area contributed by atoms with Crippen LogP contribution in [0.1, 0.15) is 25.7 Å². The lowest BCUT2D eigenvalue weighted by Gasteiger charge is -2.28. The highest BCUT2D eigenvalue weighted by atomic mass is 79.9. The molecule has 1 fully saturated rings. The van der Waals surface area contributed by atoms with Crippen molar-refractivity contribution in [3.8, 4) is 0 Å². The van der Waals surface area contributed by atoms with Crippen molar-refractivity contribution < 1.29 is 8.42 Å². The number of anilines is 2. The van der Waals surface area contributed by atoms with Crippen LogP contribution in [-0.2, 0) is 10.0 Å². The lowest BCUT2D eigenvalue weighted by molar-refractivity contribution is 0.284. The van der Waals surface area contributed by atoms with Gasteiger partial charge in [-0.3, -0.25) is 0 Å². The van der Waals surface area contributed by atoms with Crippen LogP contribution in [0.2, 0.25) is 0 Å². The highest BCUT2D eigenvalue weighted by Crippen LogP contribution is 2.29. The van der Waals surface area contributed by atoms with Gasteiger partial charge in [-0.2, -0.15) is 4.98 Å². The van der Waals surface area contributed by atoms with E-state index in [1.54, 1.807) is 24.3 Å². The summed E-state index contributed by atoms with van der Waals surface area (Å²) in [6.07, 6.45) is 4.08. The molecule has 1 saturated carbocycles. The van der Waals surface area contributed by atoms with Crippen LogP contribution >= 0.6 is 15.9 Å². The molecule has 10 heteroatoms. The van der Waals surface area contributed by atoms with Crippen molar-refractivity contribution in [3.05, 3.63) is 53.0 Å². The Morgan fingerprint density at radius 1 is 0.912 bits per heavy atom. The number of sulfonamides is 1. The third kappa shape index (κ3) is 6.44. The van der Waals surface area contributed by atoms with Gasteiger partial charge >= 0.3 is 0 Å². The van der Waals surface area contributed by atoms with E-state index in [0.717, 1.165) is 53.4 Å². The smallest absolute Gasteiger partial charge is 0.240 e. The van der Waals surface area contributed by atoms with E-state index in [-0.39, 0.29) is 0 Å². The first kappa shape index (κ1) is 24.8. The molecule has 5 N–H and O–H groups in total. The molecule has 0 radical (unpaired) electrons. The van der Waals surface area contributed by atoms with E-state index < -0.39 is 10.0 Å². The number of aromatic nitrogens is 2. The van der Waals surface area contributed by atoms with Gasteiger partial charge < -0.3 is 16.4 Å². The number of nitrogens with zero attached hydrogens (tertiary/aromatic N) is 2. The molecule has 1 aliphatic carbocycles. The molecule has 0 aliphatic heterocycles. The topological polar surface area (TPSA) is 122 Å². The van der Waals surface area contributed by atoms with Gasteiger partial charge in [0, 0.05) is 36.0 Å². The Labute approximate surface area is 209 Å². The quantitative estimate of drug-likeness (QED) is 0.303. The fourth-order valence-electron chi connectivity index (χ4n) is 4.28. The van der Waals surface area contributed by atoms with Gasteiger partial charge in [0.2, 0.25) is 16.0 Å². The second-order valence-electron chi connectivity index (χ2n) is 8.70. The monoisotopic (exact) mass is 546 g/mol. The summed E-state index contributed by atoms with van der Waals surface area (Å²) < 4.78 is 28.7. The predicted octanol–water partition coefficient (Wildman–Crippen LogP) is 3.96. The maximum absolute atomic E-state index is 12.5. The number of para-hydroxylation sites is 1. The zero-order valence-electron chi connectivity index (χ0n) is 19.0. The van der Waals surface area contributed by atoms with Crippen LogP contribution in [0.15, 0.2) is 57.9 Å². The summed E-state index contributed by atoms with van der Waals surface area (Å²) in [6.45, 7) is 2.45. The minimum absolute atomic E-state index is 0.296. The van der Waals surface area contributed by atoms with Crippen molar-refractivity contribution in [3.63, 3.8) is 0 Å². The van der Waals surface area contributed by atoms with Gasteiger partial charge in [0.1, 0.15) is 5.82 Å². The molecule has 1 heterocycles. The van der Waals surface area contributed by atoms with E-state index in [9.17, 15) is 8.42 Å². The second-order valence-corrected chi connectivity index (χ2v) is 11.4. The number of nitrogens with one attached hydrogen (secondary N) is 3. The van der Waals surface area contributed by atoms with Crippen LogP contribution < -0.4 is 21.1 Å². The Hall–Kier alpha value is -2.27. The van der Waals surface area contributed by atoms with Crippen molar-refractivity contribution in [1.82, 2.24) is 14.7 Å². The molecule has 0 spiro atoms. The van der Waals surface area contributed by atoms with Gasteiger partial charge in [-0.05, 0) is 73.9 Å². The van der Waals surface area contributed by atoms with Crippen LogP contribution in [0.3, 0.4) is 0 Å². The molecule has 3 aromatic rings. The largest absolute Gasteiger partial charge is 0.368 e. The molecule has 2 aromatic carbocycles. The number of fused-ring (bicyclic) bond motifs is 1. The first-order chi connectivity index (χ1) is 16.4. The van der Waals surface area contributed by atoms with Gasteiger partial charge in [0.15, 0.2) is 0 Å². The predicted molar refractivity (Wildman–Crippen MR) is 140 cm³/mol. The molecular formula is C24H31BrN6O2S. The summed E-state index contributed by atoms with van der Waals surface area (Å²) in [5, 5.41) is 7.68. The summed E-state index contributed by atoms with van der Waals surface area (Å²) in [7, 11) is -3.48. The Morgan fingerprint density at radius 3 is 2.29 bits per heavy atom. The number of hydrogen-bond donors (Lipinski definition) is 4. The molecule has 0 atom stereocenters. The minimum atomic E-state index is -3.48. The lowest BCUT2D eigenvalue weighted by atomic mass is 9.82. The molecule has 34 heavy (non-hydrogen) atoms. The highest BCUT2D eigenvalue weighted by Gasteiger charge is 2.23. The molecule has 1 aliphatic rings. The van der Waals surface area contributed by atoms with Crippen molar-refractivity contribution in [2.75, 3.05) is 36.8 Å². The first-order valence-electron chi connectivity index (χ1n) is 11.6. The average molecular weight is 548 g/mol. The van der Waals surface area contributed by atoms with Crippen molar-refractivity contribution in [1.29, 1.82) is 0 Å². The molecule has 0 unspecified atom stereocenters. The fourth-order valence-corrected chi connectivity index (χ4v) is 5.66. The first-order valence-corrected chi connectivity index (χ1v) is 13.9. The van der Waals surface area contributed by atoms with Gasteiger partial charge in [-0.25, -0.2) is 18.1 Å². The van der Waals surface area contributed by atoms with Crippen molar-refractivity contribution in [2.24, 2.45) is 17.6 Å². The lowest BCUT2D eigenvalue weighted by Crippen LogP contribution is -2.32. The second kappa shape index (κ2) is 11.4. The van der Waals surface area contributed by atoms with E-state index in [1.165, 1.54) is 0 Å². The zero-order valence-corrected chi connectivity index (χ0v) is 21.4. The van der Waals surface area contributed by atoms with Crippen LogP contribution in [0.25, 0.3) is 10.9 Å². The normalized spacial score (nSPS) is 18.6. The van der Waals surface area contributed by atoms with Gasteiger partial charge in [-0.15, -0.1) is 0 Å². The van der Waals surface area contributed by atoms with Gasteiger partial charge in [0.05, 0.1) is 10.4 Å². The number of rotatable bonds is 10. The van der Waals surface area contributed by atoms with Crippen LogP contribution in [0.4, 0.5) is 11.8 Å². The van der Waals surface area contributed by atoms with Crippen molar-refractivity contribution in [2.45, 2.75) is 30.6 Å². The summed E-state index contributed by atoms with van der Waals surface area (Å²) >= 11 is 3.33. The summed E-state index contributed by atoms with van der Waals surface area (Å²) in [4.78, 5) is 9.62. The number of benzene rings is 2. The van der Waals surface area contributed by atoms with E-state index in [0.29, 0.717) is 42.3 Å². The maximum Gasteiger partial charge on any atom is 0.240 e. The molecule has 0 saturated heterocycles. The molecule has 0 bridgehead atoms. The molecular weight excluding hydrogens is 516 g/mol.